The van der Waals surface area contributed by atoms with E-state index in [1.165, 1.54) is 0 Å². The van der Waals surface area contributed by atoms with E-state index in [0.29, 0.717) is 5.69 Å². The molecular formula is C9H11N5. The standard InChI is InChI=1S/C9H11N5/c10-5-8-1-2-9(13-12-8)14-4-3-7(11)6-14/h1-2,7H,3-4,6,11H2/t7-/m1/s1. The van der Waals surface area contributed by atoms with Crippen LogP contribution in [0.25, 0.3) is 0 Å². The van der Waals surface area contributed by atoms with E-state index in [-0.39, 0.29) is 6.04 Å². The highest BCUT2D eigenvalue weighted by atomic mass is 15.3. The molecule has 0 aliphatic carbocycles. The molecule has 2 rings (SSSR count). The minimum Gasteiger partial charge on any atom is -0.354 e. The molecule has 5 heteroatoms. The van der Waals surface area contributed by atoms with Gasteiger partial charge >= 0.3 is 0 Å². The Morgan fingerprint density at radius 2 is 2.36 bits per heavy atom. The van der Waals surface area contributed by atoms with E-state index in [1.807, 2.05) is 12.1 Å². The lowest BCUT2D eigenvalue weighted by molar-refractivity contribution is 0.750. The van der Waals surface area contributed by atoms with Gasteiger partial charge < -0.3 is 10.6 Å². The topological polar surface area (TPSA) is 78.8 Å². The number of nitrogens with two attached hydrogens (primary N) is 1. The van der Waals surface area contributed by atoms with E-state index in [9.17, 15) is 0 Å². The maximum atomic E-state index is 8.55. The van der Waals surface area contributed by atoms with Crippen LogP contribution in [0.1, 0.15) is 12.1 Å². The van der Waals surface area contributed by atoms with Gasteiger partial charge in [-0.15, -0.1) is 10.2 Å². The van der Waals surface area contributed by atoms with Gasteiger partial charge in [0.2, 0.25) is 0 Å². The van der Waals surface area contributed by atoms with Gasteiger partial charge in [-0.3, -0.25) is 0 Å². The van der Waals surface area contributed by atoms with Crippen molar-refractivity contribution in [2.24, 2.45) is 5.73 Å². The fraction of sp³-hybridized carbons (Fsp3) is 0.444. The number of nitriles is 1. The SMILES string of the molecule is N#Cc1ccc(N2CC[C@@H](N)C2)nn1. The third-order valence-electron chi connectivity index (χ3n) is 2.31. The van der Waals surface area contributed by atoms with Crippen molar-refractivity contribution in [3.8, 4) is 6.07 Å². The molecule has 0 saturated carbocycles. The van der Waals surface area contributed by atoms with Crippen molar-refractivity contribution in [1.29, 1.82) is 5.26 Å². The summed E-state index contributed by atoms with van der Waals surface area (Å²) in [6.45, 7) is 1.74. The zero-order valence-corrected chi connectivity index (χ0v) is 7.72. The van der Waals surface area contributed by atoms with E-state index in [1.54, 1.807) is 6.07 Å². The molecule has 14 heavy (non-hydrogen) atoms. The van der Waals surface area contributed by atoms with Crippen LogP contribution >= 0.6 is 0 Å². The fourth-order valence-corrected chi connectivity index (χ4v) is 1.55. The van der Waals surface area contributed by atoms with E-state index in [4.69, 9.17) is 11.0 Å². The largest absolute Gasteiger partial charge is 0.354 e. The predicted molar refractivity (Wildman–Crippen MR) is 51.6 cm³/mol. The molecule has 0 spiro atoms. The van der Waals surface area contributed by atoms with Crippen molar-refractivity contribution < 1.29 is 0 Å². The van der Waals surface area contributed by atoms with Gasteiger partial charge in [-0.25, -0.2) is 0 Å². The molecule has 1 atom stereocenters. The Balaban J connectivity index is 2.14. The van der Waals surface area contributed by atoms with Crippen LogP contribution in [0.4, 0.5) is 5.82 Å². The molecule has 1 aromatic rings. The van der Waals surface area contributed by atoms with Crippen LogP contribution in [-0.4, -0.2) is 29.3 Å². The first-order valence-electron chi connectivity index (χ1n) is 4.54. The number of aromatic nitrogens is 2. The Bertz CT molecular complexity index is 352. The first-order chi connectivity index (χ1) is 6.79. The first-order valence-corrected chi connectivity index (χ1v) is 4.54. The van der Waals surface area contributed by atoms with E-state index in [0.717, 1.165) is 25.3 Å². The van der Waals surface area contributed by atoms with Crippen LogP contribution in [0.2, 0.25) is 0 Å². The van der Waals surface area contributed by atoms with E-state index < -0.39 is 0 Å². The lowest BCUT2D eigenvalue weighted by atomic mass is 10.3. The predicted octanol–water partition coefficient (Wildman–Crippen LogP) is -0.114. The molecule has 72 valence electrons. The van der Waals surface area contributed by atoms with Gasteiger partial charge in [-0.05, 0) is 18.6 Å². The molecule has 5 nitrogen and oxygen atoms in total. The number of hydrogen-bond donors (Lipinski definition) is 1. The minimum atomic E-state index is 0.229. The van der Waals surface area contributed by atoms with Crippen molar-refractivity contribution >= 4 is 5.82 Å². The van der Waals surface area contributed by atoms with Gasteiger partial charge in [0, 0.05) is 19.1 Å². The molecule has 1 aliphatic heterocycles. The molecule has 2 heterocycles. The first kappa shape index (κ1) is 8.91. The van der Waals surface area contributed by atoms with Gasteiger partial charge in [0.05, 0.1) is 0 Å². The molecule has 2 N–H and O–H groups in total. The third-order valence-corrected chi connectivity index (χ3v) is 2.31. The Hall–Kier alpha value is -1.67. The summed E-state index contributed by atoms with van der Waals surface area (Å²) in [7, 11) is 0. The molecular weight excluding hydrogens is 178 g/mol. The maximum absolute atomic E-state index is 8.55. The molecule has 0 amide bonds. The van der Waals surface area contributed by atoms with Crippen molar-refractivity contribution in [2.45, 2.75) is 12.5 Å². The second-order valence-electron chi connectivity index (χ2n) is 3.38. The summed E-state index contributed by atoms with van der Waals surface area (Å²) in [6, 6.07) is 5.65. The lowest BCUT2D eigenvalue weighted by Gasteiger charge is -2.15. The van der Waals surface area contributed by atoms with Crippen LogP contribution in [0, 0.1) is 11.3 Å². The van der Waals surface area contributed by atoms with Crippen molar-refractivity contribution in [2.75, 3.05) is 18.0 Å². The van der Waals surface area contributed by atoms with Crippen LogP contribution in [0.3, 0.4) is 0 Å². The summed E-state index contributed by atoms with van der Waals surface area (Å²) in [6.07, 6.45) is 0.988. The molecule has 1 aliphatic rings. The Morgan fingerprint density at radius 3 is 2.86 bits per heavy atom. The number of hydrogen-bond acceptors (Lipinski definition) is 5. The van der Waals surface area contributed by atoms with Crippen molar-refractivity contribution in [1.82, 2.24) is 10.2 Å². The van der Waals surface area contributed by atoms with Gasteiger partial charge in [-0.2, -0.15) is 5.26 Å². The summed E-state index contributed by atoms with van der Waals surface area (Å²) >= 11 is 0. The highest BCUT2D eigenvalue weighted by Gasteiger charge is 2.20. The average Bonchev–Trinajstić information content (AvgIpc) is 2.65. The quantitative estimate of drug-likeness (QED) is 0.666. The number of anilines is 1. The summed E-state index contributed by atoms with van der Waals surface area (Å²) in [5, 5.41) is 16.3. The molecule has 0 aromatic carbocycles. The summed E-state index contributed by atoms with van der Waals surface area (Å²) in [5.74, 6) is 0.803. The molecule has 1 fully saturated rings. The average molecular weight is 189 g/mol. The fourth-order valence-electron chi connectivity index (χ4n) is 1.55. The highest BCUT2D eigenvalue weighted by molar-refractivity contribution is 5.40. The Kier molecular flexibility index (Phi) is 2.29. The zero-order valence-electron chi connectivity index (χ0n) is 7.72. The van der Waals surface area contributed by atoms with Gasteiger partial charge in [0.1, 0.15) is 6.07 Å². The van der Waals surface area contributed by atoms with Crippen LogP contribution in [-0.2, 0) is 0 Å². The van der Waals surface area contributed by atoms with Crippen LogP contribution in [0.15, 0.2) is 12.1 Å². The molecule has 0 radical (unpaired) electrons. The number of nitrogens with zero attached hydrogens (tertiary/aromatic N) is 4. The Labute approximate surface area is 82.2 Å². The summed E-state index contributed by atoms with van der Waals surface area (Å²) in [5.41, 5.74) is 6.12. The van der Waals surface area contributed by atoms with Gasteiger partial charge in [0.25, 0.3) is 0 Å². The molecule has 0 bridgehead atoms. The Morgan fingerprint density at radius 1 is 1.50 bits per heavy atom. The second-order valence-corrected chi connectivity index (χ2v) is 3.38. The molecule has 0 unspecified atom stereocenters. The van der Waals surface area contributed by atoms with E-state index in [2.05, 4.69) is 15.1 Å². The van der Waals surface area contributed by atoms with Crippen molar-refractivity contribution in [3.63, 3.8) is 0 Å². The van der Waals surface area contributed by atoms with Crippen LogP contribution < -0.4 is 10.6 Å². The summed E-state index contributed by atoms with van der Waals surface area (Å²) < 4.78 is 0. The van der Waals surface area contributed by atoms with Gasteiger partial charge in [-0.1, -0.05) is 0 Å². The molecule has 1 saturated heterocycles. The highest BCUT2D eigenvalue weighted by Crippen LogP contribution is 2.15. The maximum Gasteiger partial charge on any atom is 0.163 e. The zero-order chi connectivity index (χ0) is 9.97. The minimum absolute atomic E-state index is 0.229. The van der Waals surface area contributed by atoms with Gasteiger partial charge in [0.15, 0.2) is 11.5 Å². The monoisotopic (exact) mass is 189 g/mol. The van der Waals surface area contributed by atoms with Crippen LogP contribution in [0.5, 0.6) is 0 Å². The lowest BCUT2D eigenvalue weighted by Crippen LogP contribution is -2.27. The smallest absolute Gasteiger partial charge is 0.163 e. The number of rotatable bonds is 1. The summed E-state index contributed by atoms with van der Waals surface area (Å²) in [4.78, 5) is 2.08. The molecule has 1 aromatic heterocycles. The second kappa shape index (κ2) is 3.60. The third kappa shape index (κ3) is 1.65. The normalized spacial score (nSPS) is 20.9. The van der Waals surface area contributed by atoms with E-state index >= 15 is 0 Å². The van der Waals surface area contributed by atoms with Crippen molar-refractivity contribution in [3.05, 3.63) is 17.8 Å².